The Hall–Kier alpha value is -1.10. The minimum absolute atomic E-state index is 0.0575. The highest BCUT2D eigenvalue weighted by molar-refractivity contribution is 5.82. The highest BCUT2D eigenvalue weighted by Gasteiger charge is 2.10. The van der Waals surface area contributed by atoms with E-state index in [2.05, 4.69) is 10.6 Å². The lowest BCUT2D eigenvalue weighted by Gasteiger charge is -2.09. The van der Waals surface area contributed by atoms with Crippen molar-refractivity contribution in [1.82, 2.24) is 10.6 Å². The molecular weight excluding hydrogens is 182 g/mol. The summed E-state index contributed by atoms with van der Waals surface area (Å²) in [4.78, 5) is 22.1. The minimum Gasteiger partial charge on any atom is -0.356 e. The first kappa shape index (κ1) is 12.9. The molecule has 0 unspecified atom stereocenters. The molecule has 0 heterocycles. The van der Waals surface area contributed by atoms with E-state index < -0.39 is 6.04 Å². The number of rotatable bonds is 6. The van der Waals surface area contributed by atoms with Crippen LogP contribution in [0.5, 0.6) is 0 Å². The fourth-order valence-electron chi connectivity index (χ4n) is 0.901. The highest BCUT2D eigenvalue weighted by Crippen LogP contribution is 1.85. The van der Waals surface area contributed by atoms with Crippen LogP contribution in [0.3, 0.4) is 0 Å². The predicted octanol–water partition coefficient (Wildman–Crippen LogP) is -0.634. The molecule has 0 aliphatic heterocycles. The zero-order valence-electron chi connectivity index (χ0n) is 8.80. The SMILES string of the molecule is CCNC(=O)CCNC(=O)[C@@H](N)CC. The van der Waals surface area contributed by atoms with Gasteiger partial charge in [-0.05, 0) is 13.3 Å². The van der Waals surface area contributed by atoms with Gasteiger partial charge in [-0.15, -0.1) is 0 Å². The van der Waals surface area contributed by atoms with Gasteiger partial charge in [0.25, 0.3) is 0 Å². The third-order valence-corrected chi connectivity index (χ3v) is 1.80. The Kier molecular flexibility index (Phi) is 6.74. The Morgan fingerprint density at radius 1 is 1.29 bits per heavy atom. The maximum atomic E-state index is 11.1. The van der Waals surface area contributed by atoms with Crippen molar-refractivity contribution >= 4 is 11.8 Å². The zero-order valence-corrected chi connectivity index (χ0v) is 8.80. The fourth-order valence-corrected chi connectivity index (χ4v) is 0.901. The van der Waals surface area contributed by atoms with Gasteiger partial charge in [0.05, 0.1) is 6.04 Å². The number of amides is 2. The highest BCUT2D eigenvalue weighted by atomic mass is 16.2. The maximum Gasteiger partial charge on any atom is 0.236 e. The molecule has 0 aromatic carbocycles. The van der Waals surface area contributed by atoms with Gasteiger partial charge in [-0.25, -0.2) is 0 Å². The van der Waals surface area contributed by atoms with Crippen molar-refractivity contribution in [2.45, 2.75) is 32.7 Å². The van der Waals surface area contributed by atoms with E-state index in [1.165, 1.54) is 0 Å². The average molecular weight is 201 g/mol. The van der Waals surface area contributed by atoms with Crippen molar-refractivity contribution in [3.63, 3.8) is 0 Å². The van der Waals surface area contributed by atoms with Gasteiger partial charge in [0, 0.05) is 19.5 Å². The fraction of sp³-hybridized carbons (Fsp3) is 0.778. The molecule has 0 saturated carbocycles. The van der Waals surface area contributed by atoms with Gasteiger partial charge in [-0.1, -0.05) is 6.92 Å². The van der Waals surface area contributed by atoms with Crippen LogP contribution in [0.25, 0.3) is 0 Å². The normalized spacial score (nSPS) is 11.9. The molecule has 5 nitrogen and oxygen atoms in total. The largest absolute Gasteiger partial charge is 0.356 e. The molecule has 4 N–H and O–H groups in total. The van der Waals surface area contributed by atoms with Crippen molar-refractivity contribution < 1.29 is 9.59 Å². The van der Waals surface area contributed by atoms with E-state index >= 15 is 0 Å². The number of carbonyl (C=O) groups is 2. The number of hydrogen-bond acceptors (Lipinski definition) is 3. The van der Waals surface area contributed by atoms with Crippen LogP contribution in [0.2, 0.25) is 0 Å². The van der Waals surface area contributed by atoms with Crippen molar-refractivity contribution in [1.29, 1.82) is 0 Å². The molecule has 0 rings (SSSR count). The summed E-state index contributed by atoms with van der Waals surface area (Å²) in [5.41, 5.74) is 5.48. The molecule has 0 aromatic rings. The zero-order chi connectivity index (χ0) is 11.0. The Morgan fingerprint density at radius 2 is 1.93 bits per heavy atom. The summed E-state index contributed by atoms with van der Waals surface area (Å²) in [6.45, 7) is 4.65. The van der Waals surface area contributed by atoms with E-state index in [4.69, 9.17) is 5.73 Å². The first-order valence-corrected chi connectivity index (χ1v) is 4.91. The molecule has 0 fully saturated rings. The molecule has 0 bridgehead atoms. The average Bonchev–Trinajstić information content (AvgIpc) is 2.16. The van der Waals surface area contributed by atoms with Crippen LogP contribution >= 0.6 is 0 Å². The molecule has 14 heavy (non-hydrogen) atoms. The lowest BCUT2D eigenvalue weighted by atomic mass is 10.2. The number of nitrogens with one attached hydrogen (secondary N) is 2. The Bertz CT molecular complexity index is 194. The van der Waals surface area contributed by atoms with E-state index in [0.29, 0.717) is 25.9 Å². The second-order valence-corrected chi connectivity index (χ2v) is 3.01. The van der Waals surface area contributed by atoms with Crippen LogP contribution in [0.1, 0.15) is 26.7 Å². The first-order valence-electron chi connectivity index (χ1n) is 4.91. The monoisotopic (exact) mass is 201 g/mol. The lowest BCUT2D eigenvalue weighted by Crippen LogP contribution is -2.41. The van der Waals surface area contributed by atoms with Crippen LogP contribution in [0.15, 0.2) is 0 Å². The van der Waals surface area contributed by atoms with Crippen LogP contribution in [-0.2, 0) is 9.59 Å². The van der Waals surface area contributed by atoms with Crippen LogP contribution < -0.4 is 16.4 Å². The van der Waals surface area contributed by atoms with Gasteiger partial charge in [-0.2, -0.15) is 0 Å². The third-order valence-electron chi connectivity index (χ3n) is 1.80. The van der Waals surface area contributed by atoms with Crippen LogP contribution in [0.4, 0.5) is 0 Å². The second kappa shape index (κ2) is 7.32. The lowest BCUT2D eigenvalue weighted by molar-refractivity contribution is -0.123. The molecule has 0 aromatic heterocycles. The standard InChI is InChI=1S/C9H19N3O2/c1-3-7(10)9(14)12-6-5-8(13)11-4-2/h7H,3-6,10H2,1-2H3,(H,11,13)(H,12,14)/t7-/m0/s1. The Morgan fingerprint density at radius 3 is 2.43 bits per heavy atom. The van der Waals surface area contributed by atoms with E-state index in [0.717, 1.165) is 0 Å². The summed E-state index contributed by atoms with van der Waals surface area (Å²) < 4.78 is 0. The van der Waals surface area contributed by atoms with Gasteiger partial charge < -0.3 is 16.4 Å². The van der Waals surface area contributed by atoms with E-state index in [1.807, 2.05) is 13.8 Å². The molecule has 1 atom stereocenters. The van der Waals surface area contributed by atoms with Crippen molar-refractivity contribution in [3.05, 3.63) is 0 Å². The van der Waals surface area contributed by atoms with Gasteiger partial charge in [0.15, 0.2) is 0 Å². The Labute approximate surface area is 84.4 Å². The predicted molar refractivity (Wildman–Crippen MR) is 54.6 cm³/mol. The van der Waals surface area contributed by atoms with E-state index in [9.17, 15) is 9.59 Å². The van der Waals surface area contributed by atoms with Gasteiger partial charge in [0.2, 0.25) is 11.8 Å². The molecule has 0 aliphatic rings. The maximum absolute atomic E-state index is 11.1. The van der Waals surface area contributed by atoms with Gasteiger partial charge in [0.1, 0.15) is 0 Å². The minimum atomic E-state index is -0.468. The molecule has 2 amide bonds. The smallest absolute Gasteiger partial charge is 0.236 e. The quantitative estimate of drug-likeness (QED) is 0.535. The summed E-state index contributed by atoms with van der Waals surface area (Å²) in [5.74, 6) is -0.255. The summed E-state index contributed by atoms with van der Waals surface area (Å²) in [7, 11) is 0. The summed E-state index contributed by atoms with van der Waals surface area (Å²) in [6.07, 6.45) is 0.906. The summed E-state index contributed by atoms with van der Waals surface area (Å²) in [5, 5.41) is 5.24. The van der Waals surface area contributed by atoms with Crippen molar-refractivity contribution in [3.8, 4) is 0 Å². The topological polar surface area (TPSA) is 84.2 Å². The van der Waals surface area contributed by atoms with Crippen LogP contribution in [-0.4, -0.2) is 30.9 Å². The second-order valence-electron chi connectivity index (χ2n) is 3.01. The van der Waals surface area contributed by atoms with E-state index in [-0.39, 0.29) is 11.8 Å². The molecular formula is C9H19N3O2. The molecule has 0 saturated heterocycles. The summed E-state index contributed by atoms with van der Waals surface area (Å²) >= 11 is 0. The molecule has 0 aliphatic carbocycles. The number of carbonyl (C=O) groups excluding carboxylic acids is 2. The first-order chi connectivity index (χ1) is 6.61. The molecule has 82 valence electrons. The molecule has 5 heteroatoms. The number of nitrogens with two attached hydrogens (primary N) is 1. The Balaban J connectivity index is 3.54. The van der Waals surface area contributed by atoms with Gasteiger partial charge in [-0.3, -0.25) is 9.59 Å². The van der Waals surface area contributed by atoms with Gasteiger partial charge >= 0.3 is 0 Å². The number of hydrogen-bond donors (Lipinski definition) is 3. The molecule has 0 spiro atoms. The molecule has 0 radical (unpaired) electrons. The van der Waals surface area contributed by atoms with Crippen LogP contribution in [0, 0.1) is 0 Å². The van der Waals surface area contributed by atoms with Crippen molar-refractivity contribution in [2.24, 2.45) is 5.73 Å². The van der Waals surface area contributed by atoms with Crippen molar-refractivity contribution in [2.75, 3.05) is 13.1 Å². The summed E-state index contributed by atoms with van der Waals surface area (Å²) in [6, 6.07) is -0.468. The third kappa shape index (κ3) is 5.53. The van der Waals surface area contributed by atoms with E-state index in [1.54, 1.807) is 0 Å².